The second-order valence-electron chi connectivity index (χ2n) is 11.2. The molecule has 0 unspecified atom stereocenters. The predicted octanol–water partition coefficient (Wildman–Crippen LogP) is 3.36. The van der Waals surface area contributed by atoms with Crippen LogP contribution < -0.4 is 10.1 Å². The minimum atomic E-state index is -3.59. The Bertz CT molecular complexity index is 1020. The highest BCUT2D eigenvalue weighted by atomic mass is 32.2. The van der Waals surface area contributed by atoms with E-state index in [1.807, 2.05) is 13.1 Å². The lowest BCUT2D eigenvalue weighted by atomic mass is 9.81. The molecule has 1 aromatic carbocycles. The molecule has 1 amide bonds. The first-order chi connectivity index (χ1) is 17.8. The maximum Gasteiger partial charge on any atom is 0.248 e. The average Bonchev–Trinajstić information content (AvgIpc) is 3.40. The van der Waals surface area contributed by atoms with Crippen LogP contribution in [-0.4, -0.2) is 83.1 Å². The number of likely N-dealkylation sites (N-methyl/N-ethyl adjacent to an activating group) is 1. The molecule has 1 aromatic rings. The first-order valence-electron chi connectivity index (χ1n) is 14.0. The second-order valence-corrected chi connectivity index (χ2v) is 13.1. The molecule has 9 heteroatoms. The van der Waals surface area contributed by atoms with Crippen molar-refractivity contribution in [2.75, 3.05) is 53.6 Å². The summed E-state index contributed by atoms with van der Waals surface area (Å²) >= 11 is 0. The Labute approximate surface area is 223 Å². The van der Waals surface area contributed by atoms with Crippen molar-refractivity contribution in [3.63, 3.8) is 0 Å². The summed E-state index contributed by atoms with van der Waals surface area (Å²) in [5, 5.41) is 3.77. The molecule has 1 heterocycles. The van der Waals surface area contributed by atoms with Crippen molar-refractivity contribution in [2.45, 2.75) is 75.6 Å². The van der Waals surface area contributed by atoms with Gasteiger partial charge in [-0.3, -0.25) is 4.79 Å². The Morgan fingerprint density at radius 3 is 2.51 bits per heavy atom. The van der Waals surface area contributed by atoms with Crippen LogP contribution in [0.4, 0.5) is 0 Å². The third-order valence-corrected chi connectivity index (χ3v) is 10.6. The molecule has 37 heavy (non-hydrogen) atoms. The molecule has 2 aliphatic carbocycles. The summed E-state index contributed by atoms with van der Waals surface area (Å²) in [7, 11) is -0.156. The van der Waals surface area contributed by atoms with Gasteiger partial charge in [0.05, 0.1) is 18.6 Å². The number of benzene rings is 1. The fourth-order valence-corrected chi connectivity index (χ4v) is 8.08. The number of methoxy groups -OCH3 is 1. The van der Waals surface area contributed by atoms with Gasteiger partial charge in [0.15, 0.2) is 0 Å². The minimum absolute atomic E-state index is 0.0160. The number of hydrogen-bond acceptors (Lipinski definition) is 6. The van der Waals surface area contributed by atoms with Crippen LogP contribution in [0.15, 0.2) is 17.0 Å². The minimum Gasteiger partial charge on any atom is -0.497 e. The van der Waals surface area contributed by atoms with E-state index in [1.165, 1.54) is 55.7 Å². The molecule has 3 aliphatic rings. The van der Waals surface area contributed by atoms with Crippen molar-refractivity contribution >= 4 is 15.9 Å². The van der Waals surface area contributed by atoms with E-state index < -0.39 is 10.0 Å². The number of hydrogen-bond donors (Lipinski definition) is 1. The van der Waals surface area contributed by atoms with Gasteiger partial charge in [-0.25, -0.2) is 8.42 Å². The maximum atomic E-state index is 13.2. The lowest BCUT2D eigenvalue weighted by Crippen LogP contribution is -2.40. The molecule has 1 N–H and O–H groups in total. The average molecular weight is 536 g/mol. The van der Waals surface area contributed by atoms with Gasteiger partial charge in [0.1, 0.15) is 12.4 Å². The Morgan fingerprint density at radius 2 is 1.81 bits per heavy atom. The molecule has 0 radical (unpaired) electrons. The summed E-state index contributed by atoms with van der Waals surface area (Å²) in [6.45, 7) is 4.53. The molecule has 2 fully saturated rings. The lowest BCUT2D eigenvalue weighted by molar-refractivity contribution is -0.135. The van der Waals surface area contributed by atoms with Crippen LogP contribution in [0.25, 0.3) is 0 Å². The standard InChI is InChI=1S/C28H45N3O5S/c1-21-16-26(35-3)17-24-12-13-31(37(33,34)28(21)24)14-15-36-20-27(32)30(2)19-23-10-8-22(9-11-23)18-29-25-6-4-5-7-25/h16-17,22-23,25,29H,4-15,18-20H2,1-3H3. The number of amides is 1. The predicted molar refractivity (Wildman–Crippen MR) is 144 cm³/mol. The zero-order valence-corrected chi connectivity index (χ0v) is 23.7. The number of fused-ring (bicyclic) bond motifs is 1. The summed E-state index contributed by atoms with van der Waals surface area (Å²) in [4.78, 5) is 14.8. The number of sulfonamides is 1. The second kappa shape index (κ2) is 12.9. The zero-order valence-electron chi connectivity index (χ0n) is 22.8. The molecule has 0 saturated heterocycles. The fourth-order valence-electron chi connectivity index (χ4n) is 6.22. The number of carbonyl (C=O) groups excluding carboxylic acids is 1. The van der Waals surface area contributed by atoms with E-state index in [4.69, 9.17) is 9.47 Å². The molecule has 0 spiro atoms. The van der Waals surface area contributed by atoms with Crippen molar-refractivity contribution in [1.29, 1.82) is 0 Å². The van der Waals surface area contributed by atoms with E-state index in [1.54, 1.807) is 25.0 Å². The Hall–Kier alpha value is -1.68. The molecule has 1 aliphatic heterocycles. The monoisotopic (exact) mass is 535 g/mol. The summed E-state index contributed by atoms with van der Waals surface area (Å²) in [5.41, 5.74) is 1.49. The molecular formula is C28H45N3O5S. The topological polar surface area (TPSA) is 88.2 Å². The van der Waals surface area contributed by atoms with Gasteiger partial charge in [0.25, 0.3) is 0 Å². The first-order valence-corrected chi connectivity index (χ1v) is 15.4. The van der Waals surface area contributed by atoms with Crippen molar-refractivity contribution in [3.05, 3.63) is 23.3 Å². The molecule has 208 valence electrons. The highest BCUT2D eigenvalue weighted by Gasteiger charge is 2.33. The van der Waals surface area contributed by atoms with Gasteiger partial charge in [-0.15, -0.1) is 0 Å². The van der Waals surface area contributed by atoms with Gasteiger partial charge in [-0.1, -0.05) is 12.8 Å². The Kier molecular flexibility index (Phi) is 9.89. The largest absolute Gasteiger partial charge is 0.497 e. The molecule has 8 nitrogen and oxygen atoms in total. The van der Waals surface area contributed by atoms with Crippen LogP contribution in [0.2, 0.25) is 0 Å². The molecule has 0 bridgehead atoms. The normalized spacial score (nSPS) is 24.1. The van der Waals surface area contributed by atoms with Crippen molar-refractivity contribution in [3.8, 4) is 5.75 Å². The SMILES string of the molecule is COc1cc(C)c2c(c1)CCN(CCOCC(=O)N(C)CC1CCC(CNC3CCCC3)CC1)S2(=O)=O. The van der Waals surface area contributed by atoms with Crippen LogP contribution in [-0.2, 0) is 26.0 Å². The third-order valence-electron chi connectivity index (χ3n) is 8.47. The molecular weight excluding hydrogens is 490 g/mol. The van der Waals surface area contributed by atoms with Crippen LogP contribution >= 0.6 is 0 Å². The zero-order chi connectivity index (χ0) is 26.4. The number of nitrogens with one attached hydrogen (secondary N) is 1. The van der Waals surface area contributed by atoms with E-state index >= 15 is 0 Å². The molecule has 0 aromatic heterocycles. The third kappa shape index (κ3) is 7.25. The van der Waals surface area contributed by atoms with E-state index in [0.717, 1.165) is 30.6 Å². The molecule has 0 atom stereocenters. The van der Waals surface area contributed by atoms with Crippen LogP contribution in [0.5, 0.6) is 5.75 Å². The summed E-state index contributed by atoms with van der Waals surface area (Å²) in [6.07, 6.45) is 10.9. The van der Waals surface area contributed by atoms with E-state index in [-0.39, 0.29) is 25.7 Å². The van der Waals surface area contributed by atoms with Crippen LogP contribution in [0.1, 0.15) is 62.5 Å². The smallest absolute Gasteiger partial charge is 0.248 e. The lowest BCUT2D eigenvalue weighted by Gasteiger charge is -2.32. The van der Waals surface area contributed by atoms with Gasteiger partial charge in [0, 0.05) is 32.7 Å². The van der Waals surface area contributed by atoms with E-state index in [0.29, 0.717) is 35.1 Å². The highest BCUT2D eigenvalue weighted by molar-refractivity contribution is 7.89. The summed E-state index contributed by atoms with van der Waals surface area (Å²) in [6, 6.07) is 4.30. The van der Waals surface area contributed by atoms with Crippen molar-refractivity contribution in [2.24, 2.45) is 11.8 Å². The van der Waals surface area contributed by atoms with Gasteiger partial charge in [-0.2, -0.15) is 4.31 Å². The van der Waals surface area contributed by atoms with Gasteiger partial charge in [-0.05, 0) is 93.5 Å². The molecule has 4 rings (SSSR count). The number of aryl methyl sites for hydroxylation is 1. The van der Waals surface area contributed by atoms with E-state index in [9.17, 15) is 13.2 Å². The quantitative estimate of drug-likeness (QED) is 0.437. The van der Waals surface area contributed by atoms with Crippen LogP contribution in [0, 0.1) is 18.8 Å². The van der Waals surface area contributed by atoms with Crippen LogP contribution in [0.3, 0.4) is 0 Å². The number of ether oxygens (including phenoxy) is 2. The maximum absolute atomic E-state index is 13.2. The summed E-state index contributed by atoms with van der Waals surface area (Å²) < 4.78 is 38.7. The van der Waals surface area contributed by atoms with Gasteiger partial charge < -0.3 is 19.7 Å². The number of nitrogens with zero attached hydrogens (tertiary/aromatic N) is 2. The van der Waals surface area contributed by atoms with Crippen molar-refractivity contribution < 1.29 is 22.7 Å². The number of carbonyl (C=O) groups is 1. The van der Waals surface area contributed by atoms with Gasteiger partial charge in [0.2, 0.25) is 15.9 Å². The Balaban J connectivity index is 1.14. The summed E-state index contributed by atoms with van der Waals surface area (Å²) in [5.74, 6) is 1.96. The highest BCUT2D eigenvalue weighted by Crippen LogP contribution is 2.33. The van der Waals surface area contributed by atoms with Crippen molar-refractivity contribution in [1.82, 2.24) is 14.5 Å². The van der Waals surface area contributed by atoms with Gasteiger partial charge >= 0.3 is 0 Å². The fraction of sp³-hybridized carbons (Fsp3) is 0.750. The first kappa shape index (κ1) is 28.3. The number of rotatable bonds is 11. The Morgan fingerprint density at radius 1 is 1.11 bits per heavy atom. The molecule has 2 saturated carbocycles. The van der Waals surface area contributed by atoms with E-state index in [2.05, 4.69) is 5.32 Å².